The van der Waals surface area contributed by atoms with Crippen LogP contribution in [0.1, 0.15) is 68.9 Å². The van der Waals surface area contributed by atoms with Crippen molar-refractivity contribution in [3.05, 3.63) is 68.9 Å². The van der Waals surface area contributed by atoms with Gasteiger partial charge in [-0.15, -0.1) is 11.8 Å². The van der Waals surface area contributed by atoms with Gasteiger partial charge in [-0.25, -0.2) is 4.79 Å². The zero-order valence-corrected chi connectivity index (χ0v) is 33.4. The third-order valence-electron chi connectivity index (χ3n) is 12.9. The van der Waals surface area contributed by atoms with Gasteiger partial charge >= 0.3 is 11.9 Å². The third-order valence-corrected chi connectivity index (χ3v) is 14.4. The van der Waals surface area contributed by atoms with Crippen molar-refractivity contribution in [3.63, 3.8) is 0 Å². The number of nitriles is 1. The molecule has 1 spiro atoms. The largest absolute Gasteiger partial charge is 0.504 e. The second kappa shape index (κ2) is 13.4. The van der Waals surface area contributed by atoms with Crippen LogP contribution in [0.25, 0.3) is 10.9 Å². The van der Waals surface area contributed by atoms with Crippen molar-refractivity contribution in [3.8, 4) is 40.6 Å². The van der Waals surface area contributed by atoms with Crippen LogP contribution in [-0.2, 0) is 32.7 Å². The molecule has 11 rings (SSSR count). The zero-order valence-electron chi connectivity index (χ0n) is 32.6. The van der Waals surface area contributed by atoms with Crippen LogP contribution in [0, 0.1) is 25.2 Å². The Hall–Kier alpha value is -5.18. The van der Waals surface area contributed by atoms with Gasteiger partial charge in [-0.2, -0.15) is 5.26 Å². The van der Waals surface area contributed by atoms with E-state index in [1.54, 1.807) is 7.11 Å². The monoisotopic (exact) mass is 809 g/mol. The summed E-state index contributed by atoms with van der Waals surface area (Å²) >= 11 is 1.45. The van der Waals surface area contributed by atoms with Crippen molar-refractivity contribution in [1.82, 2.24) is 20.5 Å². The number of phenolic OH excluding ortho intramolecular Hbond substituents is 1. The molecule has 5 N–H and O–H groups in total. The van der Waals surface area contributed by atoms with E-state index in [1.165, 1.54) is 25.8 Å². The van der Waals surface area contributed by atoms with Crippen LogP contribution in [-0.4, -0.2) is 96.2 Å². The van der Waals surface area contributed by atoms with E-state index in [-0.39, 0.29) is 37.6 Å². The lowest BCUT2D eigenvalue weighted by Gasteiger charge is -2.59. The summed E-state index contributed by atoms with van der Waals surface area (Å²) in [6, 6.07) is 6.83. The number of hydrogen-bond acceptors (Lipinski definition) is 15. The molecule has 0 saturated carbocycles. The number of phenols is 1. The van der Waals surface area contributed by atoms with Gasteiger partial charge in [0.1, 0.15) is 24.1 Å². The minimum atomic E-state index is -1.47. The highest BCUT2D eigenvalue weighted by atomic mass is 32.2. The van der Waals surface area contributed by atoms with E-state index in [0.29, 0.717) is 69.5 Å². The first kappa shape index (κ1) is 37.1. The molecule has 2 fully saturated rings. The van der Waals surface area contributed by atoms with Gasteiger partial charge in [-0.3, -0.25) is 15.0 Å². The number of benzene rings is 3. The highest BCUT2D eigenvalue weighted by Crippen LogP contribution is 2.63. The molecule has 4 bridgehead atoms. The maximum Gasteiger partial charge on any atom is 0.333 e. The van der Waals surface area contributed by atoms with E-state index < -0.39 is 52.9 Å². The van der Waals surface area contributed by atoms with E-state index in [1.807, 2.05) is 38.1 Å². The fourth-order valence-electron chi connectivity index (χ4n) is 10.6. The predicted octanol–water partition coefficient (Wildman–Crippen LogP) is 3.78. The molecule has 302 valence electrons. The summed E-state index contributed by atoms with van der Waals surface area (Å²) in [6.07, 6.45) is 0.897. The molecule has 58 heavy (non-hydrogen) atoms. The lowest BCUT2D eigenvalue weighted by Crippen LogP contribution is -2.69. The van der Waals surface area contributed by atoms with Gasteiger partial charge in [-0.05, 0) is 61.6 Å². The molecule has 0 radical (unpaired) electrons. The number of carbonyl (C=O) groups is 2. The minimum Gasteiger partial charge on any atom is -0.504 e. The number of nitrogens with zero attached hydrogens (tertiary/aromatic N) is 2. The van der Waals surface area contributed by atoms with Crippen LogP contribution in [0.4, 0.5) is 0 Å². The van der Waals surface area contributed by atoms with Crippen LogP contribution < -0.4 is 34.3 Å². The van der Waals surface area contributed by atoms with Gasteiger partial charge in [0, 0.05) is 64.0 Å². The van der Waals surface area contributed by atoms with E-state index in [2.05, 4.69) is 26.6 Å². The Morgan fingerprint density at radius 3 is 2.64 bits per heavy atom. The van der Waals surface area contributed by atoms with Gasteiger partial charge in [0.05, 0.1) is 49.9 Å². The molecule has 4 aromatic rings. The number of aromatic nitrogens is 1. The average molecular weight is 810 g/mol. The summed E-state index contributed by atoms with van der Waals surface area (Å²) in [7, 11) is 3.13. The molecule has 2 saturated heterocycles. The van der Waals surface area contributed by atoms with Crippen molar-refractivity contribution >= 4 is 34.6 Å². The van der Waals surface area contributed by atoms with Crippen LogP contribution >= 0.6 is 11.8 Å². The minimum absolute atomic E-state index is 0.0184. The average Bonchev–Trinajstić information content (AvgIpc) is 3.86. The molecule has 16 heteroatoms. The standard InChI is InChI=1S/C42H43N5O10S/c1-17-8-20-9-26-27(12-43)47-28-14-54-41(51)42(40-24(10-21(13-48)46-42)23-11-22(52-4)6-7-25(23)45-40)15-58-39(33(47)32(44-26)29(20)34(50)35(17)53-5)31-30(28)38-37(55-16-56-38)18(2)36(31)57-19(3)49/h6-8,11,21,26-28,32-33,39,44-46,48,50H,9-10,13-16H2,1-5H3/t21-,26+,27+,28+,32-,33-,39-,42-/m1/s1. The Bertz CT molecular complexity index is 2480. The number of nitrogens with one attached hydrogen (secondary N) is 3. The second-order valence-electron chi connectivity index (χ2n) is 15.9. The summed E-state index contributed by atoms with van der Waals surface area (Å²) in [6.45, 7) is 4.54. The number of ether oxygens (including phenoxy) is 6. The van der Waals surface area contributed by atoms with E-state index >= 15 is 4.79 Å². The molecule has 0 aliphatic carbocycles. The van der Waals surface area contributed by atoms with E-state index in [9.17, 15) is 20.3 Å². The molecule has 7 aliphatic heterocycles. The van der Waals surface area contributed by atoms with Crippen LogP contribution in [0.3, 0.4) is 0 Å². The van der Waals surface area contributed by atoms with Crippen molar-refractivity contribution in [2.75, 3.05) is 40.0 Å². The number of H-pyrrole nitrogens is 1. The number of hydrogen-bond donors (Lipinski definition) is 5. The number of aryl methyl sites for hydroxylation is 1. The van der Waals surface area contributed by atoms with Crippen LogP contribution in [0.15, 0.2) is 24.3 Å². The van der Waals surface area contributed by atoms with Gasteiger partial charge in [-0.1, -0.05) is 6.07 Å². The number of carbonyl (C=O) groups excluding carboxylic acids is 2. The lowest BCUT2D eigenvalue weighted by molar-refractivity contribution is -0.156. The molecule has 7 aliphatic rings. The second-order valence-corrected chi connectivity index (χ2v) is 17.1. The maximum atomic E-state index is 15.0. The summed E-state index contributed by atoms with van der Waals surface area (Å²) < 4.78 is 36.2. The SMILES string of the molecule is COc1ccc2[nH]c3c(c2c1)C[C@H](CO)N[C@]31CS[C@@H]2c3c(OC(C)=O)c(C)c4c(c3[C@H](COC1=O)N1[C@@H]2[C@@H]2N[C@@H](Cc3cc(C)c(OC)c(O)c32)[C@@H]1C#N)OCO4. The Morgan fingerprint density at radius 2 is 1.90 bits per heavy atom. The number of esters is 2. The number of aliphatic hydroxyl groups is 1. The van der Waals surface area contributed by atoms with Crippen molar-refractivity contribution in [2.24, 2.45) is 0 Å². The molecule has 0 amide bonds. The van der Waals surface area contributed by atoms with Crippen molar-refractivity contribution < 1.29 is 48.2 Å². The van der Waals surface area contributed by atoms with Gasteiger partial charge in [0.2, 0.25) is 6.79 Å². The van der Waals surface area contributed by atoms with Gasteiger partial charge < -0.3 is 48.9 Å². The zero-order chi connectivity index (χ0) is 40.4. The number of methoxy groups -OCH3 is 2. The number of rotatable bonds is 4. The Kier molecular flexibility index (Phi) is 8.59. The Balaban J connectivity index is 1.24. The van der Waals surface area contributed by atoms with E-state index in [0.717, 1.165) is 27.6 Å². The topological polar surface area (TPSA) is 197 Å². The first-order valence-electron chi connectivity index (χ1n) is 19.4. The van der Waals surface area contributed by atoms with Crippen molar-refractivity contribution in [2.45, 2.75) is 80.7 Å². The Morgan fingerprint density at radius 1 is 1.09 bits per heavy atom. The van der Waals surface area contributed by atoms with E-state index in [4.69, 9.17) is 28.4 Å². The molecular weight excluding hydrogens is 767 g/mol. The number of piperazine rings is 1. The molecule has 8 heterocycles. The van der Waals surface area contributed by atoms with Crippen LogP contribution in [0.5, 0.6) is 34.5 Å². The highest BCUT2D eigenvalue weighted by Gasteiger charge is 2.61. The quantitative estimate of drug-likeness (QED) is 0.147. The first-order chi connectivity index (χ1) is 28.0. The lowest BCUT2D eigenvalue weighted by atomic mass is 9.72. The third kappa shape index (κ3) is 5.06. The molecule has 3 aromatic carbocycles. The van der Waals surface area contributed by atoms with Gasteiger partial charge in [0.25, 0.3) is 0 Å². The smallest absolute Gasteiger partial charge is 0.333 e. The maximum absolute atomic E-state index is 15.0. The summed E-state index contributed by atoms with van der Waals surface area (Å²) in [5.41, 5.74) is 5.05. The predicted molar refractivity (Wildman–Crippen MR) is 210 cm³/mol. The van der Waals surface area contributed by atoms with Crippen LogP contribution in [0.2, 0.25) is 0 Å². The fraction of sp³-hybridized carbons (Fsp3) is 0.452. The number of aromatic hydroxyl groups is 1. The van der Waals surface area contributed by atoms with Crippen molar-refractivity contribution in [1.29, 1.82) is 5.26 Å². The number of thioether (sulfide) groups is 1. The first-order valence-corrected chi connectivity index (χ1v) is 20.4. The molecule has 1 aromatic heterocycles. The van der Waals surface area contributed by atoms with Gasteiger partial charge in [0.15, 0.2) is 28.5 Å². The summed E-state index contributed by atoms with van der Waals surface area (Å²) in [4.78, 5) is 33.7. The number of aliphatic hydroxyl groups excluding tert-OH is 1. The summed E-state index contributed by atoms with van der Waals surface area (Å²) in [5.74, 6) is 1.25. The Labute approximate surface area is 337 Å². The fourth-order valence-corrected chi connectivity index (χ4v) is 12.3. The highest BCUT2D eigenvalue weighted by molar-refractivity contribution is 7.99. The molecule has 0 unspecified atom stereocenters. The molecular formula is C42H43N5O10S. The number of fused-ring (bicyclic) bond motifs is 11. The normalized spacial score (nSPS) is 29.1. The molecule has 8 atom stereocenters. The summed E-state index contributed by atoms with van der Waals surface area (Å²) in [5, 5.41) is 41.3. The molecule has 15 nitrogen and oxygen atoms in total. The number of aromatic amines is 1.